The van der Waals surface area contributed by atoms with Gasteiger partial charge in [-0.3, -0.25) is 0 Å². The van der Waals surface area contributed by atoms with Gasteiger partial charge in [0.15, 0.2) is 5.13 Å². The van der Waals surface area contributed by atoms with E-state index < -0.39 is 4.33 Å². The Morgan fingerprint density at radius 2 is 2.12 bits per heavy atom. The van der Waals surface area contributed by atoms with Crippen molar-refractivity contribution in [3.8, 4) is 0 Å². The quantitative estimate of drug-likeness (QED) is 0.416. The molecule has 3 unspecified atom stereocenters. The van der Waals surface area contributed by atoms with Crippen LogP contribution in [-0.2, 0) is 0 Å². The molecule has 2 N–H and O–H groups in total. The van der Waals surface area contributed by atoms with Crippen LogP contribution >= 0.6 is 58.1 Å². The topological polar surface area (TPSA) is 37.0 Å². The molecule has 0 spiro atoms. The van der Waals surface area contributed by atoms with Crippen LogP contribution in [0.1, 0.15) is 19.3 Å². The van der Waals surface area contributed by atoms with Gasteiger partial charge >= 0.3 is 0 Å². The average Bonchev–Trinajstić information content (AvgIpc) is 2.93. The Morgan fingerprint density at radius 1 is 1.28 bits per heavy atom. The summed E-state index contributed by atoms with van der Waals surface area (Å²) in [5.41, 5.74) is 0.608. The summed E-state index contributed by atoms with van der Waals surface area (Å²) in [6.07, 6.45) is 4.52. The predicted molar refractivity (Wildman–Crippen MR) is 106 cm³/mol. The van der Waals surface area contributed by atoms with Gasteiger partial charge in [-0.15, -0.1) is 34.5 Å². The summed E-state index contributed by atoms with van der Waals surface area (Å²) in [6, 6.07) is 3.28. The predicted octanol–water partition coefficient (Wildman–Crippen LogP) is 6.44. The third kappa shape index (κ3) is 3.69. The minimum atomic E-state index is -0.576. The molecule has 3 nitrogen and oxygen atoms in total. The highest BCUT2D eigenvalue weighted by Gasteiger charge is 2.64. The van der Waals surface area contributed by atoms with Crippen molar-refractivity contribution in [2.75, 3.05) is 10.0 Å². The molecule has 0 bridgehead atoms. The first-order chi connectivity index (χ1) is 11.9. The maximum atomic E-state index is 14.4. The summed E-state index contributed by atoms with van der Waals surface area (Å²) >= 11 is 21.5. The van der Waals surface area contributed by atoms with Crippen molar-refractivity contribution in [3.63, 3.8) is 0 Å². The second kappa shape index (κ2) is 6.97. The molecule has 2 aliphatic carbocycles. The van der Waals surface area contributed by atoms with Crippen LogP contribution in [0.3, 0.4) is 0 Å². The molecule has 0 saturated heterocycles. The Kier molecular flexibility index (Phi) is 5.01. The van der Waals surface area contributed by atoms with Crippen LogP contribution in [-0.4, -0.2) is 15.4 Å². The molecule has 2 aromatic rings. The lowest BCUT2D eigenvalue weighted by Crippen LogP contribution is -2.24. The molecule has 25 heavy (non-hydrogen) atoms. The monoisotopic (exact) mass is 437 g/mol. The maximum absolute atomic E-state index is 14.4. The number of halogens is 4. The zero-order chi connectivity index (χ0) is 17.6. The Bertz CT molecular complexity index is 772. The minimum absolute atomic E-state index is 0.212. The summed E-state index contributed by atoms with van der Waals surface area (Å²) < 4.78 is 16.8. The number of fused-ring (bicyclic) bond motifs is 1. The molecule has 3 atom stereocenters. The van der Waals surface area contributed by atoms with E-state index in [4.69, 9.17) is 34.8 Å². The van der Waals surface area contributed by atoms with Gasteiger partial charge in [-0.25, -0.2) is 9.37 Å². The van der Waals surface area contributed by atoms with E-state index >= 15 is 0 Å². The minimum Gasteiger partial charge on any atom is -0.381 e. The van der Waals surface area contributed by atoms with Crippen LogP contribution in [0.2, 0.25) is 5.02 Å². The zero-order valence-electron chi connectivity index (χ0n) is 12.9. The summed E-state index contributed by atoms with van der Waals surface area (Å²) in [7, 11) is 0. The van der Waals surface area contributed by atoms with E-state index in [0.717, 1.165) is 36.3 Å². The third-order valence-electron chi connectivity index (χ3n) is 4.79. The molecule has 1 aromatic carbocycles. The van der Waals surface area contributed by atoms with Crippen molar-refractivity contribution < 1.29 is 4.39 Å². The third-order valence-corrected chi connectivity index (χ3v) is 7.87. The Hall–Kier alpha value is -0.400. The van der Waals surface area contributed by atoms with Gasteiger partial charge in [0.25, 0.3) is 0 Å². The van der Waals surface area contributed by atoms with Crippen molar-refractivity contribution in [1.29, 1.82) is 0 Å². The molecule has 0 radical (unpaired) electrons. The van der Waals surface area contributed by atoms with Crippen LogP contribution < -0.4 is 10.0 Å². The molecule has 2 aliphatic rings. The van der Waals surface area contributed by atoms with E-state index in [9.17, 15) is 4.39 Å². The Balaban J connectivity index is 1.41. The fourth-order valence-corrected chi connectivity index (χ4v) is 5.86. The van der Waals surface area contributed by atoms with Crippen molar-refractivity contribution in [2.45, 2.75) is 34.5 Å². The molecule has 0 amide bonds. The number of anilines is 2. The smallest absolute Gasteiger partial charge is 0.192 e. The molecular formula is C16H15Cl3FN3S2. The van der Waals surface area contributed by atoms with E-state index in [0.29, 0.717) is 27.4 Å². The van der Waals surface area contributed by atoms with Crippen molar-refractivity contribution in [1.82, 2.24) is 4.98 Å². The molecule has 1 aromatic heterocycles. The normalized spacial score (nSPS) is 26.8. The van der Waals surface area contributed by atoms with Gasteiger partial charge in [-0.2, -0.15) is 0 Å². The number of hydrogen-bond acceptors (Lipinski definition) is 5. The van der Waals surface area contributed by atoms with E-state index in [1.54, 1.807) is 12.3 Å². The fraction of sp³-hybridized carbons (Fsp3) is 0.438. The Morgan fingerprint density at radius 3 is 2.84 bits per heavy atom. The largest absolute Gasteiger partial charge is 0.381 e. The lowest BCUT2D eigenvalue weighted by molar-refractivity contribution is 0.441. The molecule has 2 saturated carbocycles. The number of rotatable bonds is 5. The first kappa shape index (κ1) is 18.0. The average molecular weight is 439 g/mol. The highest BCUT2D eigenvalue weighted by Crippen LogP contribution is 2.65. The molecule has 2 fully saturated rings. The molecule has 4 rings (SSSR count). The van der Waals surface area contributed by atoms with Crippen LogP contribution in [0.5, 0.6) is 0 Å². The van der Waals surface area contributed by atoms with Crippen molar-refractivity contribution >= 4 is 68.9 Å². The standard InChI is InChI=1S/C16H15Cl3FN3S2/c17-11-6-14(25-23-15-21-3-4-24-15)12(20)7-13(11)22-8-1-2-9-10(5-8)16(9,18)19/h3-4,6-10,22H,1-2,5H2,(H,21,23). The van der Waals surface area contributed by atoms with Gasteiger partial charge in [-0.1, -0.05) is 11.6 Å². The zero-order valence-corrected chi connectivity index (χ0v) is 16.8. The lowest BCUT2D eigenvalue weighted by atomic mass is 9.95. The van der Waals surface area contributed by atoms with Crippen LogP contribution in [0, 0.1) is 17.7 Å². The SMILES string of the molecule is Fc1cc(NC2CCC3C(C2)C3(Cl)Cl)c(Cl)cc1SNc1nccs1. The van der Waals surface area contributed by atoms with E-state index in [1.807, 2.05) is 5.38 Å². The van der Waals surface area contributed by atoms with E-state index in [1.165, 1.54) is 17.4 Å². The maximum Gasteiger partial charge on any atom is 0.192 e. The first-order valence-electron chi connectivity index (χ1n) is 7.91. The van der Waals surface area contributed by atoms with Crippen molar-refractivity contribution in [3.05, 3.63) is 34.5 Å². The lowest BCUT2D eigenvalue weighted by Gasteiger charge is -2.24. The molecule has 1 heterocycles. The highest BCUT2D eigenvalue weighted by atomic mass is 35.5. The number of hydrogen-bond donors (Lipinski definition) is 2. The van der Waals surface area contributed by atoms with Crippen LogP contribution in [0.25, 0.3) is 0 Å². The molecule has 134 valence electrons. The summed E-state index contributed by atoms with van der Waals surface area (Å²) in [5.74, 6) is 0.393. The molecule has 0 aliphatic heterocycles. The van der Waals surface area contributed by atoms with E-state index in [2.05, 4.69) is 15.0 Å². The van der Waals surface area contributed by atoms with Gasteiger partial charge in [0.1, 0.15) is 10.2 Å². The summed E-state index contributed by atoms with van der Waals surface area (Å²) in [5, 5.41) is 6.41. The fourth-order valence-electron chi connectivity index (χ4n) is 3.42. The summed E-state index contributed by atoms with van der Waals surface area (Å²) in [6.45, 7) is 0. The van der Waals surface area contributed by atoms with E-state index in [-0.39, 0.29) is 11.9 Å². The van der Waals surface area contributed by atoms with Crippen LogP contribution in [0.15, 0.2) is 28.6 Å². The number of alkyl halides is 2. The number of nitrogens with one attached hydrogen (secondary N) is 2. The van der Waals surface area contributed by atoms with Gasteiger partial charge in [0, 0.05) is 17.6 Å². The highest BCUT2D eigenvalue weighted by molar-refractivity contribution is 8.00. The van der Waals surface area contributed by atoms with Crippen LogP contribution in [0.4, 0.5) is 15.2 Å². The second-order valence-corrected chi connectivity index (χ2v) is 9.94. The number of nitrogens with zero attached hydrogens (tertiary/aromatic N) is 1. The number of thiazole rings is 1. The number of benzene rings is 1. The molecule has 9 heteroatoms. The van der Waals surface area contributed by atoms with Gasteiger partial charge < -0.3 is 10.0 Å². The molecular weight excluding hydrogens is 424 g/mol. The summed E-state index contributed by atoms with van der Waals surface area (Å²) in [4.78, 5) is 4.53. The van der Waals surface area contributed by atoms with Crippen molar-refractivity contribution in [2.24, 2.45) is 11.8 Å². The van der Waals surface area contributed by atoms with Gasteiger partial charge in [0.2, 0.25) is 0 Å². The Labute approximate surface area is 168 Å². The number of aromatic nitrogens is 1. The van der Waals surface area contributed by atoms with Gasteiger partial charge in [-0.05, 0) is 55.2 Å². The first-order valence-corrected chi connectivity index (χ1v) is 10.7. The van der Waals surface area contributed by atoms with Gasteiger partial charge in [0.05, 0.1) is 15.6 Å². The second-order valence-electron chi connectivity index (χ2n) is 6.35.